The lowest BCUT2D eigenvalue weighted by molar-refractivity contribution is -0.132. The van der Waals surface area contributed by atoms with Gasteiger partial charge in [0, 0.05) is 27.6 Å². The second-order valence-corrected chi connectivity index (χ2v) is 9.48. The van der Waals surface area contributed by atoms with Crippen LogP contribution in [0.4, 0.5) is 9.52 Å². The highest BCUT2D eigenvalue weighted by atomic mass is 35.5. The Morgan fingerprint density at radius 2 is 1.97 bits per heavy atom. The van der Waals surface area contributed by atoms with Gasteiger partial charge in [0.1, 0.15) is 12.4 Å². The highest BCUT2D eigenvalue weighted by Crippen LogP contribution is 2.31. The summed E-state index contributed by atoms with van der Waals surface area (Å²) in [7, 11) is 0. The molecule has 2 aromatic carbocycles. The second kappa shape index (κ2) is 12.2. The van der Waals surface area contributed by atoms with E-state index in [1.807, 2.05) is 13.8 Å². The number of carbonyl (C=O) groups excluding carboxylic acids is 1. The molecule has 0 unspecified atom stereocenters. The van der Waals surface area contributed by atoms with Crippen molar-refractivity contribution >= 4 is 57.6 Å². The van der Waals surface area contributed by atoms with Crippen LogP contribution < -0.4 is 5.32 Å². The van der Waals surface area contributed by atoms with Crippen LogP contribution in [-0.2, 0) is 9.53 Å². The van der Waals surface area contributed by atoms with Crippen LogP contribution in [0.2, 0.25) is 10.0 Å². The normalized spacial score (nSPS) is 11.2. The predicted octanol–water partition coefficient (Wildman–Crippen LogP) is 6.77. The molecule has 3 aromatic rings. The van der Waals surface area contributed by atoms with Gasteiger partial charge in [0.05, 0.1) is 27.4 Å². The molecule has 36 heavy (non-hydrogen) atoms. The number of nitrogens with one attached hydrogen (secondary N) is 1. The molecule has 0 fully saturated rings. The zero-order valence-electron chi connectivity index (χ0n) is 19.5. The zero-order valence-corrected chi connectivity index (χ0v) is 21.8. The number of aliphatic carboxylic acids is 1. The van der Waals surface area contributed by atoms with Gasteiger partial charge in [-0.25, -0.2) is 14.2 Å². The molecule has 1 aromatic heterocycles. The number of carboxylic acid groups (broad SMARTS) is 1. The number of nitrogens with zero attached hydrogens (tertiary/aromatic N) is 1. The second-order valence-electron chi connectivity index (χ2n) is 7.81. The monoisotopic (exact) mass is 546 g/mol. The largest absolute Gasteiger partial charge is 0.478 e. The maximum absolute atomic E-state index is 15.0. The van der Waals surface area contributed by atoms with E-state index >= 15 is 4.39 Å². The summed E-state index contributed by atoms with van der Waals surface area (Å²) in [4.78, 5) is 28.1. The average molecular weight is 547 g/mol. The molecule has 3 rings (SSSR count). The van der Waals surface area contributed by atoms with Crippen LogP contribution in [0.1, 0.15) is 42.3 Å². The summed E-state index contributed by atoms with van der Waals surface area (Å²) < 4.78 is 20.4. The van der Waals surface area contributed by atoms with E-state index < -0.39 is 17.7 Å². The first-order valence-electron chi connectivity index (χ1n) is 10.6. The van der Waals surface area contributed by atoms with Gasteiger partial charge in [-0.15, -0.1) is 11.3 Å². The standard InChI is InChI=1S/C26H21Cl2FN2O4S/c1-14(2)35-9-5-7-16-6-4-8-18(23(16)29)22-13-36-26(30-22)31-24(32)17-11-20(27)19(21(28)12-17)10-15(3)25(33)34/h4,6,8,10-14H,9H2,1-3H3,(H,33,34)(H,30,31,32)/b15-10+. The lowest BCUT2D eigenvalue weighted by Crippen LogP contribution is -2.12. The van der Waals surface area contributed by atoms with Crippen LogP contribution in [0.25, 0.3) is 17.3 Å². The third-order valence-corrected chi connectivity index (χ3v) is 6.13. The van der Waals surface area contributed by atoms with Crippen molar-refractivity contribution in [2.75, 3.05) is 11.9 Å². The third-order valence-electron chi connectivity index (χ3n) is 4.75. The number of thiazole rings is 1. The first-order chi connectivity index (χ1) is 17.1. The summed E-state index contributed by atoms with van der Waals surface area (Å²) in [6.45, 7) is 5.38. The van der Waals surface area contributed by atoms with E-state index in [-0.39, 0.29) is 50.2 Å². The Morgan fingerprint density at radius 3 is 2.61 bits per heavy atom. The fraction of sp³-hybridized carbons (Fsp3) is 0.192. The highest BCUT2D eigenvalue weighted by molar-refractivity contribution is 7.14. The third kappa shape index (κ3) is 6.93. The van der Waals surface area contributed by atoms with Crippen LogP contribution in [0.3, 0.4) is 0 Å². The maximum Gasteiger partial charge on any atom is 0.331 e. The number of hydrogen-bond acceptors (Lipinski definition) is 5. The Labute approximate surface area is 221 Å². The zero-order chi connectivity index (χ0) is 26.4. The molecule has 0 aliphatic heterocycles. The van der Waals surface area contributed by atoms with Crippen molar-refractivity contribution in [3.63, 3.8) is 0 Å². The number of aromatic nitrogens is 1. The number of carbonyl (C=O) groups is 2. The number of carboxylic acids is 1. The SMILES string of the molecule is C/C(=C\c1c(Cl)cc(C(=O)Nc2nc(-c3cccc(C#CCOC(C)C)c3F)cs2)cc1Cl)C(=O)O. The molecule has 1 heterocycles. The van der Waals surface area contributed by atoms with Crippen molar-refractivity contribution in [1.82, 2.24) is 4.98 Å². The van der Waals surface area contributed by atoms with Gasteiger partial charge in [-0.2, -0.15) is 0 Å². The fourth-order valence-corrected chi connectivity index (χ4v) is 4.22. The molecular weight excluding hydrogens is 526 g/mol. The molecule has 2 N–H and O–H groups in total. The summed E-state index contributed by atoms with van der Waals surface area (Å²) in [6, 6.07) is 7.58. The molecule has 10 heteroatoms. The number of ether oxygens (including phenoxy) is 1. The number of benzene rings is 2. The summed E-state index contributed by atoms with van der Waals surface area (Å²) in [5.41, 5.74) is 1.29. The van der Waals surface area contributed by atoms with E-state index in [0.717, 1.165) is 11.3 Å². The van der Waals surface area contributed by atoms with Crippen molar-refractivity contribution in [2.45, 2.75) is 26.9 Å². The topological polar surface area (TPSA) is 88.5 Å². The molecule has 1 amide bonds. The molecule has 0 atom stereocenters. The number of anilines is 1. The number of hydrogen-bond donors (Lipinski definition) is 2. The minimum Gasteiger partial charge on any atom is -0.478 e. The Morgan fingerprint density at radius 1 is 1.28 bits per heavy atom. The Balaban J connectivity index is 1.78. The predicted molar refractivity (Wildman–Crippen MR) is 141 cm³/mol. The van der Waals surface area contributed by atoms with Gasteiger partial charge >= 0.3 is 5.97 Å². The molecule has 0 saturated carbocycles. The van der Waals surface area contributed by atoms with Crippen LogP contribution >= 0.6 is 34.5 Å². The molecule has 0 spiro atoms. The maximum atomic E-state index is 15.0. The van der Waals surface area contributed by atoms with Crippen LogP contribution in [0.5, 0.6) is 0 Å². The Hall–Kier alpha value is -3.22. The van der Waals surface area contributed by atoms with Crippen molar-refractivity contribution < 1.29 is 23.8 Å². The molecule has 0 radical (unpaired) electrons. The van der Waals surface area contributed by atoms with Crippen molar-refractivity contribution in [2.24, 2.45) is 0 Å². The average Bonchev–Trinajstić information content (AvgIpc) is 3.27. The summed E-state index contributed by atoms with van der Waals surface area (Å²) in [6.07, 6.45) is 1.36. The summed E-state index contributed by atoms with van der Waals surface area (Å²) in [5.74, 6) is 3.39. The number of halogens is 3. The van der Waals surface area contributed by atoms with Gasteiger partial charge in [-0.1, -0.05) is 41.1 Å². The number of rotatable bonds is 7. The van der Waals surface area contributed by atoms with Gasteiger partial charge in [0.25, 0.3) is 5.91 Å². The minimum atomic E-state index is -1.11. The smallest absolute Gasteiger partial charge is 0.331 e. The first-order valence-corrected chi connectivity index (χ1v) is 12.3. The summed E-state index contributed by atoms with van der Waals surface area (Å²) in [5, 5.41) is 13.8. The molecule has 6 nitrogen and oxygen atoms in total. The van der Waals surface area contributed by atoms with Crippen molar-refractivity contribution in [3.05, 3.63) is 73.8 Å². The Kier molecular flexibility index (Phi) is 9.24. The molecule has 186 valence electrons. The van der Waals surface area contributed by atoms with Crippen LogP contribution in [0, 0.1) is 17.7 Å². The van der Waals surface area contributed by atoms with Gasteiger partial charge in [-0.05, 0) is 51.1 Å². The van der Waals surface area contributed by atoms with Gasteiger partial charge in [-0.3, -0.25) is 10.1 Å². The molecule has 0 aliphatic carbocycles. The van der Waals surface area contributed by atoms with E-state index in [2.05, 4.69) is 22.1 Å². The van der Waals surface area contributed by atoms with Gasteiger partial charge in [0.15, 0.2) is 5.13 Å². The van der Waals surface area contributed by atoms with Gasteiger partial charge in [0.2, 0.25) is 0 Å². The van der Waals surface area contributed by atoms with E-state index in [4.69, 9.17) is 33.0 Å². The molecule has 0 bridgehead atoms. The lowest BCUT2D eigenvalue weighted by Gasteiger charge is -2.08. The van der Waals surface area contributed by atoms with E-state index in [9.17, 15) is 9.59 Å². The minimum absolute atomic E-state index is 0.0297. The molecule has 0 aliphatic rings. The van der Waals surface area contributed by atoms with Crippen molar-refractivity contribution in [1.29, 1.82) is 0 Å². The fourth-order valence-electron chi connectivity index (χ4n) is 2.92. The number of amides is 1. The van der Waals surface area contributed by atoms with Gasteiger partial charge < -0.3 is 9.84 Å². The van der Waals surface area contributed by atoms with E-state index in [1.54, 1.807) is 23.6 Å². The van der Waals surface area contributed by atoms with E-state index in [0.29, 0.717) is 11.3 Å². The van der Waals surface area contributed by atoms with Crippen LogP contribution in [-0.4, -0.2) is 34.7 Å². The van der Waals surface area contributed by atoms with Crippen LogP contribution in [0.15, 0.2) is 41.3 Å². The highest BCUT2D eigenvalue weighted by Gasteiger charge is 2.16. The molecule has 0 saturated heterocycles. The van der Waals surface area contributed by atoms with Crippen molar-refractivity contribution in [3.8, 4) is 23.1 Å². The lowest BCUT2D eigenvalue weighted by atomic mass is 10.1. The quantitative estimate of drug-likeness (QED) is 0.252. The molecular formula is C26H21Cl2FN2O4S. The van der Waals surface area contributed by atoms with E-state index in [1.165, 1.54) is 25.1 Å². The Bertz CT molecular complexity index is 1380. The first kappa shape index (κ1) is 27.4. The summed E-state index contributed by atoms with van der Waals surface area (Å²) >= 11 is 13.6.